The number of halogens is 2. The van der Waals surface area contributed by atoms with Crippen LogP contribution >= 0.6 is 24.0 Å². The SMILES string of the molecule is Cc1nnc(CN=C(NCCCN2CCOCC2)NCC2(c3cccc(F)c3)CC2)n1C.I. The molecule has 1 saturated heterocycles. The zero-order valence-electron chi connectivity index (χ0n) is 19.5. The largest absolute Gasteiger partial charge is 0.379 e. The molecular weight excluding hydrogens is 536 g/mol. The first-order valence-electron chi connectivity index (χ1n) is 11.5. The van der Waals surface area contributed by atoms with E-state index >= 15 is 0 Å². The first-order valence-corrected chi connectivity index (χ1v) is 11.5. The van der Waals surface area contributed by atoms with Gasteiger partial charge in [0.15, 0.2) is 11.8 Å². The van der Waals surface area contributed by atoms with E-state index in [9.17, 15) is 4.39 Å². The molecule has 0 atom stereocenters. The summed E-state index contributed by atoms with van der Waals surface area (Å²) in [5.74, 6) is 2.27. The first-order chi connectivity index (χ1) is 15.6. The van der Waals surface area contributed by atoms with Crippen LogP contribution in [-0.2, 0) is 23.7 Å². The predicted octanol–water partition coefficient (Wildman–Crippen LogP) is 2.37. The summed E-state index contributed by atoms with van der Waals surface area (Å²) in [5, 5.41) is 15.3. The fourth-order valence-corrected chi connectivity index (χ4v) is 4.04. The number of nitrogens with one attached hydrogen (secondary N) is 2. The number of ether oxygens (including phenoxy) is 1. The number of hydrogen-bond donors (Lipinski definition) is 2. The molecule has 1 aliphatic heterocycles. The molecule has 2 heterocycles. The molecule has 1 saturated carbocycles. The van der Waals surface area contributed by atoms with Gasteiger partial charge in [0.25, 0.3) is 0 Å². The number of hydrogen-bond acceptors (Lipinski definition) is 5. The van der Waals surface area contributed by atoms with Crippen LogP contribution in [-0.4, -0.2) is 71.6 Å². The molecule has 8 nitrogen and oxygen atoms in total. The standard InChI is InChI=1S/C23H34FN7O.HI/c1-18-28-29-21(30(18)2)16-26-22(25-9-4-10-31-11-13-32-14-12-31)27-17-23(7-8-23)19-5-3-6-20(24)15-19;/h3,5-6,15H,4,7-14,16-17H2,1-2H3,(H2,25,26,27);1H. The van der Waals surface area contributed by atoms with Crippen LogP contribution in [0.2, 0.25) is 0 Å². The third-order valence-corrected chi connectivity index (χ3v) is 6.49. The topological polar surface area (TPSA) is 79.6 Å². The van der Waals surface area contributed by atoms with Crippen LogP contribution in [0.25, 0.3) is 0 Å². The summed E-state index contributed by atoms with van der Waals surface area (Å²) in [5.41, 5.74) is 1.04. The second-order valence-corrected chi connectivity index (χ2v) is 8.77. The third kappa shape index (κ3) is 7.10. The van der Waals surface area contributed by atoms with Gasteiger partial charge in [-0.05, 0) is 50.4 Å². The molecule has 182 valence electrons. The molecule has 1 aromatic carbocycles. The highest BCUT2D eigenvalue weighted by atomic mass is 127. The first kappa shape index (κ1) is 25.8. The monoisotopic (exact) mass is 571 g/mol. The number of benzene rings is 1. The Bertz CT molecular complexity index is 925. The van der Waals surface area contributed by atoms with Crippen molar-refractivity contribution in [3.8, 4) is 0 Å². The zero-order valence-corrected chi connectivity index (χ0v) is 21.8. The minimum atomic E-state index is -0.179. The molecule has 0 unspecified atom stereocenters. The van der Waals surface area contributed by atoms with Crippen molar-refractivity contribution in [3.05, 3.63) is 47.3 Å². The maximum absolute atomic E-state index is 13.7. The van der Waals surface area contributed by atoms with Gasteiger partial charge in [0, 0.05) is 38.6 Å². The Morgan fingerprint density at radius 2 is 2.00 bits per heavy atom. The highest BCUT2D eigenvalue weighted by molar-refractivity contribution is 14.0. The van der Waals surface area contributed by atoms with Gasteiger partial charge in [0.2, 0.25) is 0 Å². The van der Waals surface area contributed by atoms with Crippen LogP contribution in [0.15, 0.2) is 29.3 Å². The van der Waals surface area contributed by atoms with E-state index < -0.39 is 0 Å². The summed E-state index contributed by atoms with van der Waals surface area (Å²) in [6.45, 7) is 8.61. The van der Waals surface area contributed by atoms with Gasteiger partial charge in [-0.15, -0.1) is 34.2 Å². The van der Waals surface area contributed by atoms with E-state index in [4.69, 9.17) is 9.73 Å². The molecule has 4 rings (SSSR count). The van der Waals surface area contributed by atoms with Crippen molar-refractivity contribution in [1.82, 2.24) is 30.3 Å². The number of nitrogens with zero attached hydrogens (tertiary/aromatic N) is 5. The van der Waals surface area contributed by atoms with E-state index in [1.807, 2.05) is 24.6 Å². The van der Waals surface area contributed by atoms with E-state index in [1.54, 1.807) is 12.1 Å². The van der Waals surface area contributed by atoms with Gasteiger partial charge in [-0.2, -0.15) is 0 Å². The number of guanidine groups is 1. The van der Waals surface area contributed by atoms with E-state index in [0.29, 0.717) is 6.54 Å². The molecule has 2 aliphatic rings. The Morgan fingerprint density at radius 3 is 2.67 bits per heavy atom. The van der Waals surface area contributed by atoms with E-state index in [0.717, 1.165) is 88.4 Å². The number of rotatable bonds is 9. The van der Waals surface area contributed by atoms with Crippen LogP contribution in [0, 0.1) is 12.7 Å². The van der Waals surface area contributed by atoms with Crippen molar-refractivity contribution in [2.75, 3.05) is 45.9 Å². The summed E-state index contributed by atoms with van der Waals surface area (Å²) < 4.78 is 21.1. The van der Waals surface area contributed by atoms with Crippen molar-refractivity contribution in [3.63, 3.8) is 0 Å². The Kier molecular flexibility index (Phi) is 9.45. The van der Waals surface area contributed by atoms with E-state index in [1.165, 1.54) is 6.07 Å². The second-order valence-electron chi connectivity index (χ2n) is 8.77. The molecule has 1 aliphatic carbocycles. The Balaban J connectivity index is 0.00000306. The summed E-state index contributed by atoms with van der Waals surface area (Å²) in [6, 6.07) is 6.97. The molecule has 33 heavy (non-hydrogen) atoms. The second kappa shape index (κ2) is 12.1. The number of aryl methyl sites for hydroxylation is 1. The van der Waals surface area contributed by atoms with Crippen LogP contribution in [0.1, 0.15) is 36.5 Å². The van der Waals surface area contributed by atoms with Crippen LogP contribution in [0.3, 0.4) is 0 Å². The van der Waals surface area contributed by atoms with Gasteiger partial charge in [-0.1, -0.05) is 12.1 Å². The van der Waals surface area contributed by atoms with Crippen LogP contribution < -0.4 is 10.6 Å². The maximum atomic E-state index is 13.7. The van der Waals surface area contributed by atoms with Crippen molar-refractivity contribution in [2.45, 2.75) is 38.1 Å². The summed E-state index contributed by atoms with van der Waals surface area (Å²) in [7, 11) is 1.95. The molecule has 0 bridgehead atoms. The van der Waals surface area contributed by atoms with Crippen molar-refractivity contribution < 1.29 is 9.13 Å². The maximum Gasteiger partial charge on any atom is 0.191 e. The van der Waals surface area contributed by atoms with E-state index in [2.05, 4.69) is 25.7 Å². The van der Waals surface area contributed by atoms with E-state index in [-0.39, 0.29) is 35.2 Å². The molecule has 0 amide bonds. The highest BCUT2D eigenvalue weighted by Crippen LogP contribution is 2.47. The number of aromatic nitrogens is 3. The number of morpholine rings is 1. The molecule has 2 N–H and O–H groups in total. The van der Waals surface area contributed by atoms with Gasteiger partial charge >= 0.3 is 0 Å². The summed E-state index contributed by atoms with van der Waals surface area (Å²) >= 11 is 0. The van der Waals surface area contributed by atoms with Gasteiger partial charge in [-0.25, -0.2) is 9.38 Å². The van der Waals surface area contributed by atoms with Crippen LogP contribution in [0.4, 0.5) is 4.39 Å². The smallest absolute Gasteiger partial charge is 0.191 e. The quantitative estimate of drug-likeness (QED) is 0.208. The minimum absolute atomic E-state index is 0. The third-order valence-electron chi connectivity index (χ3n) is 6.49. The number of aliphatic imine (C=N–C) groups is 1. The average molecular weight is 571 g/mol. The molecule has 0 spiro atoms. The van der Waals surface area contributed by atoms with Gasteiger partial charge in [0.05, 0.1) is 13.2 Å². The Morgan fingerprint density at radius 1 is 1.21 bits per heavy atom. The van der Waals surface area contributed by atoms with Crippen LogP contribution in [0.5, 0.6) is 0 Å². The molecule has 2 aromatic rings. The summed E-state index contributed by atoms with van der Waals surface area (Å²) in [6.07, 6.45) is 3.13. The van der Waals surface area contributed by atoms with Crippen molar-refractivity contribution >= 4 is 29.9 Å². The van der Waals surface area contributed by atoms with Crippen molar-refractivity contribution in [1.29, 1.82) is 0 Å². The molecule has 2 fully saturated rings. The fourth-order valence-electron chi connectivity index (χ4n) is 4.04. The lowest BCUT2D eigenvalue weighted by Crippen LogP contribution is -2.43. The lowest BCUT2D eigenvalue weighted by molar-refractivity contribution is 0.0376. The minimum Gasteiger partial charge on any atom is -0.379 e. The lowest BCUT2D eigenvalue weighted by atomic mass is 9.96. The zero-order chi connectivity index (χ0) is 22.4. The van der Waals surface area contributed by atoms with Gasteiger partial charge < -0.3 is 19.9 Å². The molecule has 1 aromatic heterocycles. The Labute approximate surface area is 212 Å². The molecule has 10 heteroatoms. The highest BCUT2D eigenvalue weighted by Gasteiger charge is 2.44. The Hall–Kier alpha value is -1.79. The van der Waals surface area contributed by atoms with Gasteiger partial charge in [0.1, 0.15) is 18.2 Å². The lowest BCUT2D eigenvalue weighted by Gasteiger charge is -2.26. The summed E-state index contributed by atoms with van der Waals surface area (Å²) in [4.78, 5) is 7.19. The van der Waals surface area contributed by atoms with Gasteiger partial charge in [-0.3, -0.25) is 4.90 Å². The predicted molar refractivity (Wildman–Crippen MR) is 137 cm³/mol. The normalized spacial score (nSPS) is 18.0. The molecular formula is C23H35FIN7O. The average Bonchev–Trinajstić information content (AvgIpc) is 3.54. The van der Waals surface area contributed by atoms with Crippen molar-refractivity contribution in [2.24, 2.45) is 12.0 Å². The fraction of sp³-hybridized carbons (Fsp3) is 0.609. The molecule has 0 radical (unpaired) electrons.